The SMILES string of the molecule is O=c1cc(COc2ccc(Cl)cc2)[nH][nH]c1=O. The zero-order valence-electron chi connectivity index (χ0n) is 8.70. The van der Waals surface area contributed by atoms with Gasteiger partial charge in [-0.2, -0.15) is 0 Å². The van der Waals surface area contributed by atoms with Crippen molar-refractivity contribution in [3.8, 4) is 5.75 Å². The van der Waals surface area contributed by atoms with Gasteiger partial charge in [-0.05, 0) is 24.3 Å². The number of ether oxygens (including phenoxy) is 1. The van der Waals surface area contributed by atoms with Gasteiger partial charge in [-0.3, -0.25) is 19.8 Å². The third kappa shape index (κ3) is 2.98. The van der Waals surface area contributed by atoms with Crippen LogP contribution in [-0.2, 0) is 6.61 Å². The number of benzene rings is 1. The van der Waals surface area contributed by atoms with Crippen molar-refractivity contribution < 1.29 is 4.74 Å². The number of H-pyrrole nitrogens is 2. The lowest BCUT2D eigenvalue weighted by Gasteiger charge is -2.05. The predicted molar refractivity (Wildman–Crippen MR) is 63.5 cm³/mol. The molecule has 1 aromatic heterocycles. The molecule has 0 amide bonds. The van der Waals surface area contributed by atoms with E-state index < -0.39 is 11.0 Å². The van der Waals surface area contributed by atoms with Gasteiger partial charge in [0, 0.05) is 11.1 Å². The highest BCUT2D eigenvalue weighted by Gasteiger charge is 1.99. The molecule has 0 bridgehead atoms. The van der Waals surface area contributed by atoms with Crippen LogP contribution in [0.25, 0.3) is 0 Å². The maximum absolute atomic E-state index is 11.1. The Hall–Kier alpha value is -2.01. The van der Waals surface area contributed by atoms with Crippen molar-refractivity contribution in [3.05, 3.63) is 61.6 Å². The molecule has 17 heavy (non-hydrogen) atoms. The minimum Gasteiger partial charge on any atom is -0.487 e. The van der Waals surface area contributed by atoms with Crippen molar-refractivity contribution in [3.63, 3.8) is 0 Å². The maximum Gasteiger partial charge on any atom is 0.310 e. The van der Waals surface area contributed by atoms with E-state index in [2.05, 4.69) is 10.2 Å². The monoisotopic (exact) mass is 252 g/mol. The van der Waals surface area contributed by atoms with E-state index in [0.29, 0.717) is 16.5 Å². The molecule has 0 aliphatic rings. The van der Waals surface area contributed by atoms with Gasteiger partial charge in [-0.1, -0.05) is 11.6 Å². The lowest BCUT2D eigenvalue weighted by molar-refractivity contribution is 0.299. The van der Waals surface area contributed by atoms with E-state index in [0.717, 1.165) is 0 Å². The lowest BCUT2D eigenvalue weighted by Crippen LogP contribution is -2.28. The summed E-state index contributed by atoms with van der Waals surface area (Å²) in [4.78, 5) is 21.9. The highest BCUT2D eigenvalue weighted by Crippen LogP contribution is 2.16. The second-order valence-electron chi connectivity index (χ2n) is 3.36. The largest absolute Gasteiger partial charge is 0.487 e. The number of hydrogen-bond donors (Lipinski definition) is 2. The number of rotatable bonds is 3. The molecule has 0 radical (unpaired) electrons. The number of aromatic nitrogens is 2. The molecule has 0 atom stereocenters. The molecule has 5 nitrogen and oxygen atoms in total. The zero-order chi connectivity index (χ0) is 12.3. The predicted octanol–water partition coefficient (Wildman–Crippen LogP) is 1.30. The van der Waals surface area contributed by atoms with Crippen LogP contribution in [0, 0.1) is 0 Å². The number of halogens is 1. The second-order valence-corrected chi connectivity index (χ2v) is 3.79. The topological polar surface area (TPSA) is 75.0 Å². The van der Waals surface area contributed by atoms with Crippen molar-refractivity contribution in [2.45, 2.75) is 6.61 Å². The van der Waals surface area contributed by atoms with E-state index in [9.17, 15) is 9.59 Å². The van der Waals surface area contributed by atoms with E-state index in [1.165, 1.54) is 6.07 Å². The van der Waals surface area contributed by atoms with Gasteiger partial charge >= 0.3 is 5.56 Å². The standard InChI is InChI=1S/C11H9ClN2O3/c12-7-1-3-9(4-2-7)17-6-8-5-10(15)11(16)14-13-8/h1-5H,6H2,(H,13,15)(H,14,16). The molecule has 2 N–H and O–H groups in total. The summed E-state index contributed by atoms with van der Waals surface area (Å²) in [5.74, 6) is 0.626. The molecule has 0 unspecified atom stereocenters. The van der Waals surface area contributed by atoms with Gasteiger partial charge in [0.25, 0.3) is 0 Å². The first-order valence-corrected chi connectivity index (χ1v) is 5.22. The van der Waals surface area contributed by atoms with Gasteiger partial charge in [0.05, 0.1) is 5.69 Å². The van der Waals surface area contributed by atoms with Gasteiger partial charge < -0.3 is 4.74 Å². The first-order chi connectivity index (χ1) is 8.15. The van der Waals surface area contributed by atoms with Gasteiger partial charge in [0.2, 0.25) is 5.43 Å². The first kappa shape index (κ1) is 11.5. The molecule has 0 spiro atoms. The first-order valence-electron chi connectivity index (χ1n) is 4.84. The van der Waals surface area contributed by atoms with Crippen molar-refractivity contribution in [1.82, 2.24) is 10.2 Å². The molecule has 1 heterocycles. The van der Waals surface area contributed by atoms with Crippen LogP contribution < -0.4 is 15.7 Å². The molecule has 2 aromatic rings. The lowest BCUT2D eigenvalue weighted by atomic mass is 10.3. The Labute approximate surface area is 101 Å². The van der Waals surface area contributed by atoms with Crippen LogP contribution in [0.5, 0.6) is 5.75 Å². The molecule has 2 rings (SSSR count). The minimum atomic E-state index is -0.680. The molecule has 0 saturated heterocycles. The van der Waals surface area contributed by atoms with Gasteiger partial charge in [0.15, 0.2) is 0 Å². The molecular formula is C11H9ClN2O3. The average molecular weight is 253 g/mol. The minimum absolute atomic E-state index is 0.160. The van der Waals surface area contributed by atoms with Crippen LogP contribution in [0.15, 0.2) is 39.9 Å². The van der Waals surface area contributed by atoms with E-state index in [4.69, 9.17) is 16.3 Å². The van der Waals surface area contributed by atoms with Gasteiger partial charge in [-0.25, -0.2) is 0 Å². The highest BCUT2D eigenvalue weighted by molar-refractivity contribution is 6.30. The Kier molecular flexibility index (Phi) is 3.30. The fraction of sp³-hybridized carbons (Fsp3) is 0.0909. The van der Waals surface area contributed by atoms with Crippen LogP contribution in [0.4, 0.5) is 0 Å². The number of nitrogens with one attached hydrogen (secondary N) is 2. The van der Waals surface area contributed by atoms with Crippen LogP contribution >= 0.6 is 11.6 Å². The van der Waals surface area contributed by atoms with Crippen LogP contribution in [0.3, 0.4) is 0 Å². The Morgan fingerprint density at radius 1 is 1.12 bits per heavy atom. The van der Waals surface area contributed by atoms with Gasteiger partial charge in [-0.15, -0.1) is 0 Å². The van der Waals surface area contributed by atoms with Crippen molar-refractivity contribution in [1.29, 1.82) is 0 Å². The molecule has 6 heteroatoms. The third-order valence-corrected chi connectivity index (χ3v) is 2.33. The van der Waals surface area contributed by atoms with Crippen LogP contribution in [0.1, 0.15) is 5.69 Å². The van der Waals surface area contributed by atoms with E-state index in [1.54, 1.807) is 24.3 Å². The summed E-state index contributed by atoms with van der Waals surface area (Å²) in [6, 6.07) is 8.03. The smallest absolute Gasteiger partial charge is 0.310 e. The Balaban J connectivity index is 2.07. The zero-order valence-corrected chi connectivity index (χ0v) is 9.45. The summed E-state index contributed by atoms with van der Waals surface area (Å²) in [5, 5.41) is 5.41. The highest BCUT2D eigenvalue weighted by atomic mass is 35.5. The molecule has 1 aromatic carbocycles. The molecule has 0 aliphatic carbocycles. The summed E-state index contributed by atoms with van der Waals surface area (Å²) < 4.78 is 5.39. The summed E-state index contributed by atoms with van der Waals surface area (Å²) >= 11 is 5.72. The molecular weight excluding hydrogens is 244 g/mol. The van der Waals surface area contributed by atoms with Crippen molar-refractivity contribution in [2.24, 2.45) is 0 Å². The van der Waals surface area contributed by atoms with E-state index in [-0.39, 0.29) is 6.61 Å². The summed E-state index contributed by atoms with van der Waals surface area (Å²) in [6.07, 6.45) is 0. The molecule has 0 aliphatic heterocycles. The molecule has 88 valence electrons. The van der Waals surface area contributed by atoms with E-state index >= 15 is 0 Å². The van der Waals surface area contributed by atoms with Crippen molar-refractivity contribution >= 4 is 11.6 Å². The normalized spacial score (nSPS) is 10.2. The summed E-state index contributed by atoms with van der Waals surface area (Å²) in [5.41, 5.74) is -0.789. The maximum atomic E-state index is 11.1. The van der Waals surface area contributed by atoms with Crippen LogP contribution in [-0.4, -0.2) is 10.2 Å². The Morgan fingerprint density at radius 2 is 1.82 bits per heavy atom. The molecule has 0 saturated carbocycles. The van der Waals surface area contributed by atoms with E-state index in [1.807, 2.05) is 0 Å². The van der Waals surface area contributed by atoms with Crippen molar-refractivity contribution in [2.75, 3.05) is 0 Å². The summed E-state index contributed by atoms with van der Waals surface area (Å²) in [6.45, 7) is 0.160. The molecule has 0 fully saturated rings. The Morgan fingerprint density at radius 3 is 2.47 bits per heavy atom. The second kappa shape index (κ2) is 4.88. The average Bonchev–Trinajstić information content (AvgIpc) is 2.33. The fourth-order valence-electron chi connectivity index (χ4n) is 1.23. The Bertz CT molecular complexity index is 616. The number of aromatic amines is 2. The summed E-state index contributed by atoms with van der Waals surface area (Å²) in [7, 11) is 0. The fourth-order valence-corrected chi connectivity index (χ4v) is 1.35. The van der Waals surface area contributed by atoms with Crippen LogP contribution in [0.2, 0.25) is 5.02 Å². The third-order valence-electron chi connectivity index (χ3n) is 2.07. The van der Waals surface area contributed by atoms with Gasteiger partial charge in [0.1, 0.15) is 12.4 Å². The quantitative estimate of drug-likeness (QED) is 0.809. The number of hydrogen-bond acceptors (Lipinski definition) is 3.